The number of nitrogens with zero attached hydrogens (tertiary/aromatic N) is 2. The Morgan fingerprint density at radius 3 is 2.79 bits per heavy atom. The summed E-state index contributed by atoms with van der Waals surface area (Å²) in [4.78, 5) is 27.1. The molecule has 0 fully saturated rings. The van der Waals surface area contributed by atoms with Crippen molar-refractivity contribution < 1.29 is 14.5 Å². The summed E-state index contributed by atoms with van der Waals surface area (Å²) in [6.45, 7) is 1.98. The van der Waals surface area contributed by atoms with Gasteiger partial charge >= 0.3 is 5.69 Å². The van der Waals surface area contributed by atoms with Crippen molar-refractivity contribution in [3.05, 3.63) is 57.6 Å². The standard InChI is InChI=1S/C16H13N3O4S/c1-9-3-5-11-14(7-9)24-16(17-11)18-15(20)10-4-6-13(23-2)12(8-10)19(21)22/h3-8H,1-2H3,(H,17,18,20). The summed E-state index contributed by atoms with van der Waals surface area (Å²) < 4.78 is 5.89. The van der Waals surface area contributed by atoms with Crippen LogP contribution in [0.15, 0.2) is 36.4 Å². The zero-order valence-electron chi connectivity index (χ0n) is 12.9. The molecule has 0 atom stereocenters. The normalized spacial score (nSPS) is 10.6. The van der Waals surface area contributed by atoms with Crippen LogP contribution in [0.4, 0.5) is 10.8 Å². The van der Waals surface area contributed by atoms with Crippen molar-refractivity contribution in [3.8, 4) is 5.75 Å². The molecule has 122 valence electrons. The third kappa shape index (κ3) is 3.04. The number of nitro benzene ring substituents is 1. The van der Waals surface area contributed by atoms with Crippen LogP contribution in [0.25, 0.3) is 10.2 Å². The second kappa shape index (κ2) is 6.25. The number of aryl methyl sites for hydroxylation is 1. The molecule has 1 N–H and O–H groups in total. The number of fused-ring (bicyclic) bond motifs is 1. The smallest absolute Gasteiger partial charge is 0.311 e. The first-order valence-corrected chi connectivity index (χ1v) is 7.80. The molecule has 3 aromatic rings. The Kier molecular flexibility index (Phi) is 4.13. The highest BCUT2D eigenvalue weighted by Crippen LogP contribution is 2.29. The fraction of sp³-hybridized carbons (Fsp3) is 0.125. The fourth-order valence-corrected chi connectivity index (χ4v) is 3.19. The summed E-state index contributed by atoms with van der Waals surface area (Å²) in [5.41, 5.74) is 1.81. The minimum atomic E-state index is -0.587. The van der Waals surface area contributed by atoms with Crippen molar-refractivity contribution in [3.63, 3.8) is 0 Å². The molecule has 0 unspecified atom stereocenters. The first-order valence-electron chi connectivity index (χ1n) is 6.99. The van der Waals surface area contributed by atoms with Gasteiger partial charge in [0.25, 0.3) is 5.91 Å². The SMILES string of the molecule is COc1ccc(C(=O)Nc2nc3ccc(C)cc3s2)cc1[N+](=O)[O-]. The predicted molar refractivity (Wildman–Crippen MR) is 92.0 cm³/mol. The summed E-state index contributed by atoms with van der Waals surface area (Å²) in [5.74, 6) is -0.358. The maximum Gasteiger partial charge on any atom is 0.311 e. The first-order chi connectivity index (χ1) is 11.5. The number of hydrogen-bond acceptors (Lipinski definition) is 6. The summed E-state index contributed by atoms with van der Waals surface area (Å²) in [6.07, 6.45) is 0. The van der Waals surface area contributed by atoms with Crippen LogP contribution >= 0.6 is 11.3 Å². The molecule has 0 aliphatic heterocycles. The maximum atomic E-state index is 12.3. The van der Waals surface area contributed by atoms with Gasteiger partial charge < -0.3 is 4.74 Å². The van der Waals surface area contributed by atoms with Gasteiger partial charge in [-0.2, -0.15) is 0 Å². The number of anilines is 1. The van der Waals surface area contributed by atoms with Gasteiger partial charge in [-0.15, -0.1) is 0 Å². The lowest BCUT2D eigenvalue weighted by atomic mass is 10.2. The average molecular weight is 343 g/mol. The third-order valence-electron chi connectivity index (χ3n) is 3.40. The van der Waals surface area contributed by atoms with Crippen LogP contribution in [0.5, 0.6) is 5.75 Å². The van der Waals surface area contributed by atoms with Gasteiger partial charge in [0.1, 0.15) is 0 Å². The van der Waals surface area contributed by atoms with Gasteiger partial charge in [0.15, 0.2) is 10.9 Å². The van der Waals surface area contributed by atoms with Crippen LogP contribution < -0.4 is 10.1 Å². The van der Waals surface area contributed by atoms with Gasteiger partial charge in [-0.3, -0.25) is 20.2 Å². The number of amides is 1. The van der Waals surface area contributed by atoms with Gasteiger partial charge in [-0.05, 0) is 36.8 Å². The highest BCUT2D eigenvalue weighted by molar-refractivity contribution is 7.22. The summed E-state index contributed by atoms with van der Waals surface area (Å²) in [7, 11) is 1.34. The van der Waals surface area contributed by atoms with Crippen molar-refractivity contribution in [2.24, 2.45) is 0 Å². The van der Waals surface area contributed by atoms with Crippen LogP contribution in [-0.2, 0) is 0 Å². The van der Waals surface area contributed by atoms with Gasteiger partial charge in [0.05, 0.1) is 22.2 Å². The van der Waals surface area contributed by atoms with Gasteiger partial charge in [0.2, 0.25) is 0 Å². The van der Waals surface area contributed by atoms with E-state index in [0.717, 1.165) is 15.8 Å². The van der Waals surface area contributed by atoms with E-state index in [0.29, 0.717) is 5.13 Å². The van der Waals surface area contributed by atoms with Crippen LogP contribution in [0.2, 0.25) is 0 Å². The molecule has 0 saturated heterocycles. The number of carbonyl (C=O) groups is 1. The highest BCUT2D eigenvalue weighted by Gasteiger charge is 2.19. The lowest BCUT2D eigenvalue weighted by molar-refractivity contribution is -0.385. The summed E-state index contributed by atoms with van der Waals surface area (Å²) >= 11 is 1.35. The molecule has 0 aliphatic carbocycles. The molecule has 24 heavy (non-hydrogen) atoms. The minimum Gasteiger partial charge on any atom is -0.490 e. The molecule has 3 rings (SSSR count). The molecule has 1 aromatic heterocycles. The maximum absolute atomic E-state index is 12.3. The van der Waals surface area contributed by atoms with Gasteiger partial charge in [-0.1, -0.05) is 17.4 Å². The number of ether oxygens (including phenoxy) is 1. The Morgan fingerprint density at radius 2 is 2.08 bits per heavy atom. The highest BCUT2D eigenvalue weighted by atomic mass is 32.1. The summed E-state index contributed by atoms with van der Waals surface area (Å²) in [5, 5.41) is 14.2. The number of carbonyl (C=O) groups excluding carboxylic acids is 1. The molecular formula is C16H13N3O4S. The number of rotatable bonds is 4. The Labute approximate surface area is 141 Å². The van der Waals surface area contributed by atoms with E-state index in [1.807, 2.05) is 25.1 Å². The van der Waals surface area contributed by atoms with E-state index in [4.69, 9.17) is 4.74 Å². The molecule has 1 amide bonds. The molecular weight excluding hydrogens is 330 g/mol. The van der Waals surface area contributed by atoms with Crippen LogP contribution in [-0.4, -0.2) is 22.9 Å². The number of nitrogens with one attached hydrogen (secondary N) is 1. The quantitative estimate of drug-likeness (QED) is 0.575. The zero-order chi connectivity index (χ0) is 17.3. The van der Waals surface area contributed by atoms with Crippen LogP contribution in [0, 0.1) is 17.0 Å². The van der Waals surface area contributed by atoms with Crippen molar-refractivity contribution in [2.45, 2.75) is 6.92 Å². The second-order valence-corrected chi connectivity index (χ2v) is 6.12. The lowest BCUT2D eigenvalue weighted by Gasteiger charge is -2.04. The zero-order valence-corrected chi connectivity index (χ0v) is 13.7. The minimum absolute atomic E-state index is 0.104. The van der Waals surface area contributed by atoms with Crippen molar-refractivity contribution in [2.75, 3.05) is 12.4 Å². The molecule has 0 spiro atoms. The van der Waals surface area contributed by atoms with E-state index in [1.165, 1.54) is 36.6 Å². The van der Waals surface area contributed by atoms with E-state index in [1.54, 1.807) is 0 Å². The number of benzene rings is 2. The van der Waals surface area contributed by atoms with Crippen molar-refractivity contribution in [1.29, 1.82) is 0 Å². The Bertz CT molecular complexity index is 952. The molecule has 0 saturated carbocycles. The number of hydrogen-bond donors (Lipinski definition) is 1. The molecule has 8 heteroatoms. The van der Waals surface area contributed by atoms with Gasteiger partial charge in [0, 0.05) is 11.6 Å². The van der Waals surface area contributed by atoms with Crippen LogP contribution in [0.3, 0.4) is 0 Å². The van der Waals surface area contributed by atoms with Crippen molar-refractivity contribution in [1.82, 2.24) is 4.98 Å². The van der Waals surface area contributed by atoms with E-state index in [-0.39, 0.29) is 17.0 Å². The van der Waals surface area contributed by atoms with E-state index in [2.05, 4.69) is 10.3 Å². The largest absolute Gasteiger partial charge is 0.490 e. The number of aromatic nitrogens is 1. The van der Waals surface area contributed by atoms with Crippen molar-refractivity contribution >= 4 is 38.3 Å². The number of nitro groups is 1. The Balaban J connectivity index is 1.88. The monoisotopic (exact) mass is 343 g/mol. The van der Waals surface area contributed by atoms with E-state index >= 15 is 0 Å². The average Bonchev–Trinajstić information content (AvgIpc) is 2.95. The van der Waals surface area contributed by atoms with E-state index < -0.39 is 10.8 Å². The fourth-order valence-electron chi connectivity index (χ4n) is 2.23. The molecule has 7 nitrogen and oxygen atoms in total. The Morgan fingerprint density at radius 1 is 1.29 bits per heavy atom. The lowest BCUT2D eigenvalue weighted by Crippen LogP contribution is -2.12. The number of methoxy groups -OCH3 is 1. The molecule has 0 bridgehead atoms. The summed E-state index contributed by atoms with van der Waals surface area (Å²) in [6, 6.07) is 9.87. The molecule has 1 heterocycles. The van der Waals surface area contributed by atoms with Crippen LogP contribution in [0.1, 0.15) is 15.9 Å². The molecule has 2 aromatic carbocycles. The number of thiazole rings is 1. The second-order valence-electron chi connectivity index (χ2n) is 5.09. The first kappa shape index (κ1) is 15.9. The molecule has 0 aliphatic rings. The van der Waals surface area contributed by atoms with E-state index in [9.17, 15) is 14.9 Å². The van der Waals surface area contributed by atoms with Gasteiger partial charge in [-0.25, -0.2) is 4.98 Å². The molecule has 0 radical (unpaired) electrons. The topological polar surface area (TPSA) is 94.4 Å². The predicted octanol–water partition coefficient (Wildman–Crippen LogP) is 3.77. The third-order valence-corrected chi connectivity index (χ3v) is 4.34. The Hall–Kier alpha value is -3.00.